The molecule has 25 heavy (non-hydrogen) atoms. The molecule has 0 aromatic carbocycles. The summed E-state index contributed by atoms with van der Waals surface area (Å²) >= 11 is 0. The smallest absolute Gasteiger partial charge is 0.274 e. The summed E-state index contributed by atoms with van der Waals surface area (Å²) in [7, 11) is 0. The molecule has 2 N–H and O–H groups in total. The molecular formula is C18H22N4O3. The first kappa shape index (κ1) is 15.9. The van der Waals surface area contributed by atoms with Gasteiger partial charge in [0.05, 0.1) is 12.0 Å². The minimum atomic E-state index is -0.154. The Morgan fingerprint density at radius 1 is 1.32 bits per heavy atom. The first-order valence-corrected chi connectivity index (χ1v) is 8.71. The van der Waals surface area contributed by atoms with Crippen LogP contribution in [0.2, 0.25) is 0 Å². The molecule has 2 aromatic rings. The van der Waals surface area contributed by atoms with Crippen LogP contribution < -0.4 is 5.32 Å². The van der Waals surface area contributed by atoms with Crippen molar-refractivity contribution in [2.24, 2.45) is 0 Å². The van der Waals surface area contributed by atoms with Gasteiger partial charge in [0, 0.05) is 31.3 Å². The summed E-state index contributed by atoms with van der Waals surface area (Å²) in [5, 5.41) is 10.2. The van der Waals surface area contributed by atoms with Gasteiger partial charge in [-0.05, 0) is 38.3 Å². The van der Waals surface area contributed by atoms with Crippen molar-refractivity contribution in [2.75, 3.05) is 13.1 Å². The van der Waals surface area contributed by atoms with E-state index in [2.05, 4.69) is 15.5 Å². The number of H-pyrrole nitrogens is 1. The molecule has 132 valence electrons. The number of nitrogens with one attached hydrogen (secondary N) is 2. The Balaban J connectivity index is 1.58. The Morgan fingerprint density at radius 3 is 2.88 bits per heavy atom. The number of furan rings is 1. The van der Waals surface area contributed by atoms with E-state index in [1.807, 2.05) is 19.1 Å². The van der Waals surface area contributed by atoms with Gasteiger partial charge in [0.25, 0.3) is 5.91 Å². The molecule has 2 aliphatic rings. The van der Waals surface area contributed by atoms with Crippen LogP contribution in [0, 0.1) is 6.92 Å². The van der Waals surface area contributed by atoms with Gasteiger partial charge in [0.1, 0.15) is 11.5 Å². The lowest BCUT2D eigenvalue weighted by molar-refractivity contribution is -0.119. The zero-order valence-corrected chi connectivity index (χ0v) is 14.5. The second kappa shape index (κ2) is 6.06. The highest BCUT2D eigenvalue weighted by molar-refractivity contribution is 5.94. The van der Waals surface area contributed by atoms with Gasteiger partial charge in [-0.1, -0.05) is 0 Å². The molecule has 0 spiro atoms. The zero-order valence-electron chi connectivity index (χ0n) is 14.5. The van der Waals surface area contributed by atoms with E-state index in [-0.39, 0.29) is 23.8 Å². The monoisotopic (exact) mass is 342 g/mol. The molecule has 1 fully saturated rings. The van der Waals surface area contributed by atoms with Crippen molar-refractivity contribution in [3.05, 3.63) is 40.6 Å². The quantitative estimate of drug-likeness (QED) is 0.885. The normalized spacial score (nSPS) is 22.2. The highest BCUT2D eigenvalue weighted by atomic mass is 16.3. The maximum Gasteiger partial charge on any atom is 0.274 e. The predicted octanol–water partition coefficient (Wildman–Crippen LogP) is 1.54. The summed E-state index contributed by atoms with van der Waals surface area (Å²) in [6.07, 6.45) is 2.92. The van der Waals surface area contributed by atoms with Crippen LogP contribution in [0.4, 0.5) is 0 Å². The van der Waals surface area contributed by atoms with Crippen molar-refractivity contribution < 1.29 is 14.0 Å². The van der Waals surface area contributed by atoms with Crippen molar-refractivity contribution in [1.29, 1.82) is 0 Å². The van der Waals surface area contributed by atoms with Crippen molar-refractivity contribution in [3.8, 4) is 0 Å². The fraction of sp³-hybridized carbons (Fsp3) is 0.500. The Labute approximate surface area is 145 Å². The highest BCUT2D eigenvalue weighted by Crippen LogP contribution is 2.31. The fourth-order valence-electron chi connectivity index (χ4n) is 3.96. The van der Waals surface area contributed by atoms with Crippen LogP contribution in [-0.4, -0.2) is 46.0 Å². The SMILES string of the molecule is CC(=O)NC1CN(C(=O)c2n[nH]c3c2CCC3)CC1c1ccc(C)o1. The third-order valence-electron chi connectivity index (χ3n) is 5.13. The van der Waals surface area contributed by atoms with Crippen LogP contribution in [0.5, 0.6) is 0 Å². The van der Waals surface area contributed by atoms with Gasteiger partial charge in [-0.25, -0.2) is 0 Å². The standard InChI is InChI=1S/C18H22N4O3/c1-10-6-7-16(25-10)13-8-22(9-15(13)19-11(2)23)18(24)17-12-4-3-5-14(12)20-21-17/h6-7,13,15H,3-5,8-9H2,1-2H3,(H,19,23)(H,20,21). The minimum absolute atomic E-state index is 0.0476. The average molecular weight is 342 g/mol. The molecule has 3 heterocycles. The molecule has 2 unspecified atom stereocenters. The summed E-state index contributed by atoms with van der Waals surface area (Å²) in [5.41, 5.74) is 2.67. The van der Waals surface area contributed by atoms with Crippen molar-refractivity contribution >= 4 is 11.8 Å². The van der Waals surface area contributed by atoms with Crippen molar-refractivity contribution in [2.45, 2.75) is 45.1 Å². The van der Waals surface area contributed by atoms with E-state index in [9.17, 15) is 9.59 Å². The largest absolute Gasteiger partial charge is 0.466 e. The second-order valence-corrected chi connectivity index (χ2v) is 6.95. The predicted molar refractivity (Wildman–Crippen MR) is 90.3 cm³/mol. The summed E-state index contributed by atoms with van der Waals surface area (Å²) < 4.78 is 5.76. The topological polar surface area (TPSA) is 91.2 Å². The number of hydrogen-bond donors (Lipinski definition) is 2. The van der Waals surface area contributed by atoms with E-state index < -0.39 is 0 Å². The molecule has 1 aliphatic carbocycles. The van der Waals surface area contributed by atoms with E-state index in [4.69, 9.17) is 4.42 Å². The molecule has 1 saturated heterocycles. The molecule has 7 heteroatoms. The lowest BCUT2D eigenvalue weighted by Crippen LogP contribution is -2.39. The maximum absolute atomic E-state index is 13.0. The van der Waals surface area contributed by atoms with Gasteiger partial charge in [0.15, 0.2) is 5.69 Å². The fourth-order valence-corrected chi connectivity index (χ4v) is 3.96. The van der Waals surface area contributed by atoms with Crippen LogP contribution in [0.15, 0.2) is 16.5 Å². The number of carbonyl (C=O) groups is 2. The van der Waals surface area contributed by atoms with E-state index in [0.29, 0.717) is 18.8 Å². The molecule has 2 aromatic heterocycles. The molecule has 0 bridgehead atoms. The summed E-state index contributed by atoms with van der Waals surface area (Å²) in [4.78, 5) is 26.3. The van der Waals surface area contributed by atoms with Gasteiger partial charge >= 0.3 is 0 Å². The van der Waals surface area contributed by atoms with Gasteiger partial charge in [-0.2, -0.15) is 5.10 Å². The van der Waals surface area contributed by atoms with Gasteiger partial charge < -0.3 is 14.6 Å². The van der Waals surface area contributed by atoms with Crippen molar-refractivity contribution in [3.63, 3.8) is 0 Å². The van der Waals surface area contributed by atoms with Gasteiger partial charge in [-0.3, -0.25) is 14.7 Å². The highest BCUT2D eigenvalue weighted by Gasteiger charge is 2.40. The number of aromatic nitrogens is 2. The van der Waals surface area contributed by atoms with E-state index in [1.165, 1.54) is 6.92 Å². The Morgan fingerprint density at radius 2 is 2.16 bits per heavy atom. The molecule has 2 amide bonds. The lowest BCUT2D eigenvalue weighted by atomic mass is 10.0. The number of fused-ring (bicyclic) bond motifs is 1. The second-order valence-electron chi connectivity index (χ2n) is 6.95. The first-order valence-electron chi connectivity index (χ1n) is 8.71. The van der Waals surface area contributed by atoms with E-state index in [0.717, 1.165) is 42.0 Å². The molecule has 0 radical (unpaired) electrons. The number of rotatable bonds is 3. The van der Waals surface area contributed by atoms with E-state index in [1.54, 1.807) is 4.90 Å². The molecule has 7 nitrogen and oxygen atoms in total. The molecule has 1 aliphatic heterocycles. The van der Waals surface area contributed by atoms with Gasteiger partial charge in [0.2, 0.25) is 5.91 Å². The van der Waals surface area contributed by atoms with Crippen LogP contribution >= 0.6 is 0 Å². The Hall–Kier alpha value is -2.57. The number of aromatic amines is 1. The van der Waals surface area contributed by atoms with E-state index >= 15 is 0 Å². The maximum atomic E-state index is 13.0. The molecule has 4 rings (SSSR count). The Bertz CT molecular complexity index is 822. The number of hydrogen-bond acceptors (Lipinski definition) is 4. The average Bonchev–Trinajstić information content (AvgIpc) is 3.28. The summed E-state index contributed by atoms with van der Waals surface area (Å²) in [5.74, 6) is 1.41. The van der Waals surface area contributed by atoms with Crippen molar-refractivity contribution in [1.82, 2.24) is 20.4 Å². The number of carbonyl (C=O) groups excluding carboxylic acids is 2. The van der Waals surface area contributed by atoms with Crippen LogP contribution in [-0.2, 0) is 17.6 Å². The van der Waals surface area contributed by atoms with Gasteiger partial charge in [-0.15, -0.1) is 0 Å². The minimum Gasteiger partial charge on any atom is -0.466 e. The summed E-state index contributed by atoms with van der Waals surface area (Å²) in [6, 6.07) is 3.68. The zero-order chi connectivity index (χ0) is 17.6. The third kappa shape index (κ3) is 2.83. The van der Waals surface area contributed by atoms with Crippen LogP contribution in [0.25, 0.3) is 0 Å². The number of nitrogens with zero attached hydrogens (tertiary/aromatic N) is 2. The Kier molecular flexibility index (Phi) is 3.86. The molecule has 2 atom stereocenters. The number of amides is 2. The lowest BCUT2D eigenvalue weighted by Gasteiger charge is -2.16. The molecule has 0 saturated carbocycles. The number of likely N-dealkylation sites (tertiary alicyclic amines) is 1. The molecular weight excluding hydrogens is 320 g/mol. The van der Waals surface area contributed by atoms with Crippen LogP contribution in [0.3, 0.4) is 0 Å². The van der Waals surface area contributed by atoms with Crippen LogP contribution in [0.1, 0.15) is 52.5 Å². The third-order valence-corrected chi connectivity index (χ3v) is 5.13. The first-order chi connectivity index (χ1) is 12.0. The summed E-state index contributed by atoms with van der Waals surface area (Å²) in [6.45, 7) is 4.36. The number of aryl methyl sites for hydroxylation is 2.